The van der Waals surface area contributed by atoms with Crippen molar-refractivity contribution < 1.29 is 14.3 Å². The third-order valence-electron chi connectivity index (χ3n) is 5.31. The molecular formula is C28H25Cl2IN2O3S. The van der Waals surface area contributed by atoms with Crippen LogP contribution in [0.4, 0.5) is 5.69 Å². The molecule has 1 fully saturated rings. The molecule has 37 heavy (non-hydrogen) atoms. The molecule has 4 rings (SSSR count). The molecule has 1 amide bonds. The molecule has 0 aliphatic carbocycles. The fourth-order valence-corrected chi connectivity index (χ4v) is 5.66. The molecule has 3 aromatic carbocycles. The number of amides is 1. The Morgan fingerprint density at radius 3 is 2.32 bits per heavy atom. The SMILES string of the molecule is CCCN1C(=O)/C(=C/c2cc(I)c(OCc3ccc(Cl)cc3)c(OCC)c2)SC1=Nc1ccc(Cl)cc1. The van der Waals surface area contributed by atoms with Crippen LogP contribution in [0, 0.1) is 3.57 Å². The zero-order valence-corrected chi connectivity index (χ0v) is 24.8. The fourth-order valence-electron chi connectivity index (χ4n) is 3.60. The molecule has 0 bridgehead atoms. The Morgan fingerprint density at radius 1 is 1.00 bits per heavy atom. The summed E-state index contributed by atoms with van der Waals surface area (Å²) < 4.78 is 12.9. The molecule has 9 heteroatoms. The number of thioether (sulfide) groups is 1. The first-order valence-corrected chi connectivity index (χ1v) is 14.4. The molecule has 1 aliphatic rings. The Bertz CT molecular complexity index is 1330. The van der Waals surface area contributed by atoms with Gasteiger partial charge >= 0.3 is 0 Å². The zero-order valence-electron chi connectivity index (χ0n) is 20.3. The van der Waals surface area contributed by atoms with Crippen LogP contribution in [0.5, 0.6) is 11.5 Å². The molecule has 0 radical (unpaired) electrons. The summed E-state index contributed by atoms with van der Waals surface area (Å²) in [6.07, 6.45) is 2.71. The second kappa shape index (κ2) is 13.0. The molecule has 3 aromatic rings. The summed E-state index contributed by atoms with van der Waals surface area (Å²) in [5.74, 6) is 1.24. The van der Waals surface area contributed by atoms with Gasteiger partial charge in [-0.3, -0.25) is 9.69 Å². The second-order valence-electron chi connectivity index (χ2n) is 8.12. The van der Waals surface area contributed by atoms with Gasteiger partial charge in [-0.25, -0.2) is 4.99 Å². The van der Waals surface area contributed by atoms with Crippen LogP contribution in [0.1, 0.15) is 31.4 Å². The van der Waals surface area contributed by atoms with E-state index in [0.717, 1.165) is 26.8 Å². The van der Waals surface area contributed by atoms with Gasteiger partial charge in [0.2, 0.25) is 0 Å². The quantitative estimate of drug-likeness (QED) is 0.170. The maximum atomic E-state index is 13.3. The van der Waals surface area contributed by atoms with E-state index in [-0.39, 0.29) is 5.91 Å². The first-order chi connectivity index (χ1) is 17.9. The van der Waals surface area contributed by atoms with Crippen LogP contribution in [-0.2, 0) is 11.4 Å². The van der Waals surface area contributed by atoms with Crippen molar-refractivity contribution in [3.8, 4) is 11.5 Å². The molecule has 0 unspecified atom stereocenters. The standard InChI is InChI=1S/C28H25Cl2IN2O3S/c1-3-13-33-27(34)25(37-28(33)32-22-11-9-21(30)10-12-22)16-19-14-23(31)26(24(15-19)35-4-2)36-17-18-5-7-20(29)8-6-18/h5-12,14-16H,3-4,13,17H2,1-2H3/b25-16-,32-28?. The predicted octanol–water partition coefficient (Wildman–Crippen LogP) is 8.59. The van der Waals surface area contributed by atoms with Gasteiger partial charge in [0.05, 0.1) is 20.8 Å². The summed E-state index contributed by atoms with van der Waals surface area (Å²) in [5, 5.41) is 1.98. The van der Waals surface area contributed by atoms with Crippen molar-refractivity contribution >= 4 is 80.4 Å². The van der Waals surface area contributed by atoms with E-state index in [1.54, 1.807) is 17.0 Å². The average molecular weight is 667 g/mol. The van der Waals surface area contributed by atoms with E-state index in [9.17, 15) is 4.79 Å². The van der Waals surface area contributed by atoms with Gasteiger partial charge in [-0.15, -0.1) is 0 Å². The lowest BCUT2D eigenvalue weighted by Gasteiger charge is -2.15. The number of rotatable bonds is 9. The van der Waals surface area contributed by atoms with Crippen LogP contribution in [-0.4, -0.2) is 29.1 Å². The molecule has 1 aliphatic heterocycles. The molecule has 0 spiro atoms. The maximum Gasteiger partial charge on any atom is 0.266 e. The van der Waals surface area contributed by atoms with Crippen LogP contribution in [0.25, 0.3) is 6.08 Å². The number of hydrogen-bond donors (Lipinski definition) is 0. The minimum absolute atomic E-state index is 0.0596. The minimum atomic E-state index is -0.0596. The number of aliphatic imine (C=N–C) groups is 1. The minimum Gasteiger partial charge on any atom is -0.490 e. The molecule has 0 N–H and O–H groups in total. The normalized spacial score (nSPS) is 15.6. The van der Waals surface area contributed by atoms with Gasteiger partial charge in [0, 0.05) is 16.6 Å². The summed E-state index contributed by atoms with van der Waals surface area (Å²) in [6, 6.07) is 18.7. The zero-order chi connectivity index (χ0) is 26.4. The van der Waals surface area contributed by atoms with Crippen molar-refractivity contribution in [2.75, 3.05) is 13.2 Å². The molecule has 0 aromatic heterocycles. The number of hydrogen-bond acceptors (Lipinski definition) is 5. The number of halogens is 3. The fraction of sp³-hybridized carbons (Fsp3) is 0.214. The number of carbonyl (C=O) groups is 1. The molecule has 192 valence electrons. The van der Waals surface area contributed by atoms with Crippen LogP contribution in [0.2, 0.25) is 10.0 Å². The molecule has 0 atom stereocenters. The summed E-state index contributed by atoms with van der Waals surface area (Å²) in [6.45, 7) is 5.44. The van der Waals surface area contributed by atoms with Crippen molar-refractivity contribution in [1.82, 2.24) is 4.90 Å². The highest BCUT2D eigenvalue weighted by Crippen LogP contribution is 2.38. The van der Waals surface area contributed by atoms with Crippen LogP contribution in [0.15, 0.2) is 70.6 Å². The van der Waals surface area contributed by atoms with E-state index < -0.39 is 0 Å². The topological polar surface area (TPSA) is 51.1 Å². The van der Waals surface area contributed by atoms with Gasteiger partial charge < -0.3 is 9.47 Å². The van der Waals surface area contributed by atoms with Gasteiger partial charge in [0.15, 0.2) is 16.7 Å². The van der Waals surface area contributed by atoms with Crippen molar-refractivity contribution in [2.45, 2.75) is 26.9 Å². The monoisotopic (exact) mass is 666 g/mol. The number of nitrogens with zero attached hydrogens (tertiary/aromatic N) is 2. The van der Waals surface area contributed by atoms with Crippen molar-refractivity contribution in [3.05, 3.63) is 90.3 Å². The predicted molar refractivity (Wildman–Crippen MR) is 162 cm³/mol. The summed E-state index contributed by atoms with van der Waals surface area (Å²) in [7, 11) is 0. The summed E-state index contributed by atoms with van der Waals surface area (Å²) in [4.78, 5) is 20.3. The largest absolute Gasteiger partial charge is 0.490 e. The molecule has 1 saturated heterocycles. The van der Waals surface area contributed by atoms with E-state index in [1.165, 1.54) is 11.8 Å². The number of benzene rings is 3. The Kier molecular flexibility index (Phi) is 9.81. The lowest BCUT2D eigenvalue weighted by atomic mass is 10.1. The first-order valence-electron chi connectivity index (χ1n) is 11.8. The summed E-state index contributed by atoms with van der Waals surface area (Å²) in [5.41, 5.74) is 2.61. The van der Waals surface area contributed by atoms with E-state index in [1.807, 2.05) is 68.5 Å². The van der Waals surface area contributed by atoms with Gasteiger partial charge in [0.1, 0.15) is 6.61 Å². The summed E-state index contributed by atoms with van der Waals surface area (Å²) >= 11 is 15.6. The number of ether oxygens (including phenoxy) is 2. The third-order valence-corrected chi connectivity index (χ3v) is 7.62. The Labute approximate surface area is 245 Å². The third kappa shape index (κ3) is 7.22. The number of amidine groups is 1. The van der Waals surface area contributed by atoms with Gasteiger partial charge in [0.25, 0.3) is 5.91 Å². The van der Waals surface area contributed by atoms with E-state index in [2.05, 4.69) is 22.6 Å². The highest BCUT2D eigenvalue weighted by molar-refractivity contribution is 14.1. The van der Waals surface area contributed by atoms with Crippen LogP contribution < -0.4 is 9.47 Å². The van der Waals surface area contributed by atoms with Gasteiger partial charge in [-0.1, -0.05) is 42.3 Å². The van der Waals surface area contributed by atoms with Gasteiger partial charge in [-0.2, -0.15) is 0 Å². The van der Waals surface area contributed by atoms with Crippen molar-refractivity contribution in [3.63, 3.8) is 0 Å². The Balaban J connectivity index is 1.61. The molecular weight excluding hydrogens is 642 g/mol. The van der Waals surface area contributed by atoms with Crippen molar-refractivity contribution in [2.24, 2.45) is 4.99 Å². The van der Waals surface area contributed by atoms with Crippen LogP contribution >= 0.6 is 57.6 Å². The van der Waals surface area contributed by atoms with Crippen molar-refractivity contribution in [1.29, 1.82) is 0 Å². The first kappa shape index (κ1) is 27.8. The highest BCUT2D eigenvalue weighted by Gasteiger charge is 2.33. The highest BCUT2D eigenvalue weighted by atomic mass is 127. The average Bonchev–Trinajstić information content (AvgIpc) is 3.15. The lowest BCUT2D eigenvalue weighted by Crippen LogP contribution is -2.29. The molecule has 0 saturated carbocycles. The Hall–Kier alpha value is -2.20. The second-order valence-corrected chi connectivity index (χ2v) is 11.2. The maximum absolute atomic E-state index is 13.3. The smallest absolute Gasteiger partial charge is 0.266 e. The van der Waals surface area contributed by atoms with E-state index >= 15 is 0 Å². The van der Waals surface area contributed by atoms with Gasteiger partial charge in [-0.05, 0) is 113 Å². The Morgan fingerprint density at radius 2 is 1.68 bits per heavy atom. The lowest BCUT2D eigenvalue weighted by molar-refractivity contribution is -0.122. The molecule has 1 heterocycles. The van der Waals surface area contributed by atoms with E-state index in [4.69, 9.17) is 37.7 Å². The van der Waals surface area contributed by atoms with E-state index in [0.29, 0.717) is 51.4 Å². The number of carbonyl (C=O) groups excluding carboxylic acids is 1. The molecule has 5 nitrogen and oxygen atoms in total. The van der Waals surface area contributed by atoms with Crippen LogP contribution in [0.3, 0.4) is 0 Å².